The van der Waals surface area contributed by atoms with Crippen LogP contribution in [0.25, 0.3) is 11.1 Å². The number of aromatic nitrogens is 2. The van der Waals surface area contributed by atoms with Gasteiger partial charge in [-0.2, -0.15) is 4.98 Å². The van der Waals surface area contributed by atoms with Crippen LogP contribution < -0.4 is 14.4 Å². The minimum Gasteiger partial charge on any atom is -0.454 e. The van der Waals surface area contributed by atoms with Crippen LogP contribution in [0.3, 0.4) is 0 Å². The molecule has 1 amide bonds. The molecule has 1 aromatic heterocycles. The number of hydrogen-bond donors (Lipinski definition) is 0. The summed E-state index contributed by atoms with van der Waals surface area (Å²) in [6.07, 6.45) is 5.60. The largest absolute Gasteiger partial charge is 0.454 e. The van der Waals surface area contributed by atoms with Gasteiger partial charge in [0.1, 0.15) is 0 Å². The van der Waals surface area contributed by atoms with Gasteiger partial charge in [0.25, 0.3) is 5.91 Å². The second kappa shape index (κ2) is 10.9. The van der Waals surface area contributed by atoms with Crippen molar-refractivity contribution in [3.8, 4) is 22.6 Å². The number of anilines is 1. The van der Waals surface area contributed by atoms with Crippen molar-refractivity contribution >= 4 is 11.6 Å². The van der Waals surface area contributed by atoms with Crippen molar-refractivity contribution in [2.75, 3.05) is 24.9 Å². The predicted molar refractivity (Wildman–Crippen MR) is 134 cm³/mol. The van der Waals surface area contributed by atoms with Crippen molar-refractivity contribution in [2.45, 2.75) is 50.9 Å². The highest BCUT2D eigenvalue weighted by Gasteiger charge is 2.28. The third-order valence-electron chi connectivity index (χ3n) is 6.51. The summed E-state index contributed by atoms with van der Waals surface area (Å²) in [7, 11) is 0. The Balaban J connectivity index is 1.25. The van der Waals surface area contributed by atoms with Gasteiger partial charge >= 0.3 is 0 Å². The average Bonchev–Trinajstić information content (AvgIpc) is 3.45. The highest BCUT2D eigenvalue weighted by molar-refractivity contribution is 6.05. The van der Waals surface area contributed by atoms with Crippen LogP contribution >= 0.6 is 0 Å². The highest BCUT2D eigenvalue weighted by atomic mass is 19.1. The van der Waals surface area contributed by atoms with Crippen molar-refractivity contribution < 1.29 is 23.2 Å². The summed E-state index contributed by atoms with van der Waals surface area (Å²) < 4.78 is 29.2. The lowest BCUT2D eigenvalue weighted by Crippen LogP contribution is -2.33. The van der Waals surface area contributed by atoms with E-state index in [0.717, 1.165) is 66.9 Å². The van der Waals surface area contributed by atoms with Crippen LogP contribution in [0.15, 0.2) is 59.1 Å². The first-order chi connectivity index (χ1) is 17.6. The molecule has 188 valence electrons. The van der Waals surface area contributed by atoms with Crippen LogP contribution in [0.5, 0.6) is 11.5 Å². The van der Waals surface area contributed by atoms with Crippen molar-refractivity contribution in [2.24, 2.45) is 0 Å². The van der Waals surface area contributed by atoms with Crippen LogP contribution in [-0.4, -0.2) is 36.1 Å². The fraction of sp³-hybridized carbons (Fsp3) is 0.393. The quantitative estimate of drug-likeness (QED) is 0.228. The number of ether oxygens (including phenoxy) is 2. The van der Waals surface area contributed by atoms with Crippen LogP contribution in [-0.2, 0) is 11.2 Å². The zero-order valence-electron chi connectivity index (χ0n) is 20.2. The molecule has 2 heterocycles. The molecule has 0 unspecified atom stereocenters. The smallest absolute Gasteiger partial charge is 0.253 e. The first-order valence-corrected chi connectivity index (χ1v) is 12.5. The maximum Gasteiger partial charge on any atom is 0.253 e. The van der Waals surface area contributed by atoms with Gasteiger partial charge in [-0.15, -0.1) is 0 Å². The molecule has 36 heavy (non-hydrogen) atoms. The molecule has 1 saturated carbocycles. The molecule has 0 atom stereocenters. The minimum atomic E-state index is -0.608. The molecule has 0 radical (unpaired) electrons. The molecule has 7 nitrogen and oxygen atoms in total. The number of amides is 1. The van der Waals surface area contributed by atoms with E-state index in [4.69, 9.17) is 14.0 Å². The third-order valence-corrected chi connectivity index (χ3v) is 6.51. The number of rotatable bonds is 12. The highest BCUT2D eigenvalue weighted by Crippen LogP contribution is 2.38. The Morgan fingerprint density at radius 2 is 1.89 bits per heavy atom. The number of alkyl halides is 1. The number of carbonyl (C=O) groups is 1. The van der Waals surface area contributed by atoms with Gasteiger partial charge in [0.2, 0.25) is 12.7 Å². The summed E-state index contributed by atoms with van der Waals surface area (Å²) in [5.74, 6) is 3.16. The van der Waals surface area contributed by atoms with Crippen LogP contribution in [0.1, 0.15) is 56.2 Å². The van der Waals surface area contributed by atoms with Crippen molar-refractivity contribution in [3.63, 3.8) is 0 Å². The van der Waals surface area contributed by atoms with Gasteiger partial charge in [-0.1, -0.05) is 36.4 Å². The number of carbonyl (C=O) groups excluding carboxylic acids is 1. The Morgan fingerprint density at radius 1 is 1.06 bits per heavy atom. The monoisotopic (exact) mass is 491 g/mol. The molecule has 5 rings (SSSR count). The van der Waals surface area contributed by atoms with E-state index in [1.807, 2.05) is 42.5 Å². The molecule has 0 saturated heterocycles. The lowest BCUT2D eigenvalue weighted by Gasteiger charge is -2.24. The standard InChI is InChI=1S/C28H30FN3O4/c1-19(13-14-29)28(33)32(15-4-2-3-8-26-30-27(31-36-26)20-9-10-20)23-7-5-6-21(16-23)22-11-12-24-25(17-22)35-18-34-24/h5-7,11-12,16-17,20H,1-4,8-10,13-15,18H2. The Bertz CT molecular complexity index is 1240. The maximum absolute atomic E-state index is 13.2. The van der Waals surface area contributed by atoms with E-state index in [1.165, 1.54) is 0 Å². The molecular weight excluding hydrogens is 461 g/mol. The van der Waals surface area contributed by atoms with E-state index in [0.29, 0.717) is 24.1 Å². The molecule has 0 N–H and O–H groups in total. The molecule has 1 aliphatic carbocycles. The van der Waals surface area contributed by atoms with Gasteiger partial charge in [0, 0.05) is 36.6 Å². The molecule has 2 aromatic carbocycles. The first kappa shape index (κ1) is 24.0. The number of aryl methyl sites for hydroxylation is 1. The van der Waals surface area contributed by atoms with Crippen molar-refractivity contribution in [3.05, 3.63) is 66.3 Å². The van der Waals surface area contributed by atoms with Gasteiger partial charge in [0.15, 0.2) is 17.3 Å². The zero-order valence-corrected chi connectivity index (χ0v) is 20.2. The summed E-state index contributed by atoms with van der Waals surface area (Å²) in [5.41, 5.74) is 2.93. The number of hydrogen-bond acceptors (Lipinski definition) is 6. The summed E-state index contributed by atoms with van der Waals surface area (Å²) in [5, 5.41) is 4.06. The molecule has 1 fully saturated rings. The van der Waals surface area contributed by atoms with Crippen molar-refractivity contribution in [1.82, 2.24) is 10.1 Å². The van der Waals surface area contributed by atoms with Gasteiger partial charge in [0.05, 0.1) is 6.67 Å². The minimum absolute atomic E-state index is 0.0255. The Kier molecular flexibility index (Phi) is 7.30. The van der Waals surface area contributed by atoms with E-state index in [2.05, 4.69) is 16.7 Å². The van der Waals surface area contributed by atoms with Crippen LogP contribution in [0, 0.1) is 0 Å². The fourth-order valence-corrected chi connectivity index (χ4v) is 4.29. The number of unbranched alkanes of at least 4 members (excludes halogenated alkanes) is 2. The lowest BCUT2D eigenvalue weighted by atomic mass is 10.0. The molecule has 1 aliphatic heterocycles. The maximum atomic E-state index is 13.2. The van der Waals surface area contributed by atoms with Crippen molar-refractivity contribution in [1.29, 1.82) is 0 Å². The van der Waals surface area contributed by atoms with E-state index in [-0.39, 0.29) is 24.7 Å². The summed E-state index contributed by atoms with van der Waals surface area (Å²) in [6.45, 7) is 3.94. The number of nitrogens with zero attached hydrogens (tertiary/aromatic N) is 3. The second-order valence-corrected chi connectivity index (χ2v) is 9.25. The molecule has 0 spiro atoms. The van der Waals surface area contributed by atoms with E-state index < -0.39 is 6.67 Å². The molecule has 8 heteroatoms. The number of fused-ring (bicyclic) bond motifs is 1. The summed E-state index contributed by atoms with van der Waals surface area (Å²) in [6, 6.07) is 13.5. The zero-order chi connectivity index (χ0) is 24.9. The van der Waals surface area contributed by atoms with E-state index >= 15 is 0 Å². The van der Waals surface area contributed by atoms with Crippen LogP contribution in [0.2, 0.25) is 0 Å². The Hall–Kier alpha value is -3.68. The molecule has 2 aliphatic rings. The Labute approximate surface area is 209 Å². The molecule has 3 aromatic rings. The normalized spacial score (nSPS) is 14.1. The van der Waals surface area contributed by atoms with Gasteiger partial charge < -0.3 is 18.9 Å². The van der Waals surface area contributed by atoms with Crippen LogP contribution in [0.4, 0.5) is 10.1 Å². The number of halogens is 1. The van der Waals surface area contributed by atoms with E-state index in [1.54, 1.807) is 4.90 Å². The summed E-state index contributed by atoms with van der Waals surface area (Å²) in [4.78, 5) is 19.4. The SMILES string of the molecule is C=C(CCF)C(=O)N(CCCCCc1nc(C2CC2)no1)c1cccc(-c2ccc3c(c2)OCO3)c1. The fourth-order valence-electron chi connectivity index (χ4n) is 4.29. The van der Waals surface area contributed by atoms with Gasteiger partial charge in [-0.3, -0.25) is 9.18 Å². The Morgan fingerprint density at radius 3 is 2.72 bits per heavy atom. The topological polar surface area (TPSA) is 77.7 Å². The second-order valence-electron chi connectivity index (χ2n) is 9.25. The van der Waals surface area contributed by atoms with E-state index in [9.17, 15) is 9.18 Å². The summed E-state index contributed by atoms with van der Waals surface area (Å²) >= 11 is 0. The predicted octanol–water partition coefficient (Wildman–Crippen LogP) is 6.00. The third kappa shape index (κ3) is 5.58. The first-order valence-electron chi connectivity index (χ1n) is 12.5. The van der Waals surface area contributed by atoms with Gasteiger partial charge in [-0.25, -0.2) is 0 Å². The number of benzene rings is 2. The average molecular weight is 492 g/mol. The van der Waals surface area contributed by atoms with Gasteiger partial charge in [-0.05, 0) is 61.1 Å². The lowest BCUT2D eigenvalue weighted by molar-refractivity contribution is -0.115. The molecule has 0 bridgehead atoms. The molecular formula is C28H30FN3O4.